The van der Waals surface area contributed by atoms with Gasteiger partial charge in [-0.1, -0.05) is 18.2 Å². The SMILES string of the molecule is O=C/C=C/c1ccc(OC(=O)c2ccc(OCCCC(F)(F)C(F)(F)F)cc2)cc1. The van der Waals surface area contributed by atoms with E-state index in [4.69, 9.17) is 9.47 Å². The van der Waals surface area contributed by atoms with E-state index in [0.29, 0.717) is 6.29 Å². The normalized spacial score (nSPS) is 12.0. The first kappa shape index (κ1) is 23.1. The highest BCUT2D eigenvalue weighted by molar-refractivity contribution is 5.91. The first-order valence-corrected chi connectivity index (χ1v) is 8.74. The molecule has 0 aliphatic heterocycles. The molecule has 0 saturated heterocycles. The monoisotopic (exact) mass is 428 g/mol. The van der Waals surface area contributed by atoms with Crippen molar-refractivity contribution in [2.45, 2.75) is 24.9 Å². The first-order valence-electron chi connectivity index (χ1n) is 8.74. The largest absolute Gasteiger partial charge is 0.494 e. The summed E-state index contributed by atoms with van der Waals surface area (Å²) in [6.07, 6.45) is -3.90. The van der Waals surface area contributed by atoms with Crippen molar-refractivity contribution >= 4 is 18.3 Å². The summed E-state index contributed by atoms with van der Waals surface area (Å²) in [4.78, 5) is 22.4. The van der Waals surface area contributed by atoms with Crippen LogP contribution in [0.15, 0.2) is 54.6 Å². The van der Waals surface area contributed by atoms with Crippen molar-refractivity contribution in [3.05, 3.63) is 65.7 Å². The van der Waals surface area contributed by atoms with E-state index in [1.165, 1.54) is 30.3 Å². The maximum Gasteiger partial charge on any atom is 0.453 e. The summed E-state index contributed by atoms with van der Waals surface area (Å²) in [6, 6.07) is 11.9. The Morgan fingerprint density at radius 1 is 0.900 bits per heavy atom. The second-order valence-electron chi connectivity index (χ2n) is 6.13. The maximum absolute atomic E-state index is 12.8. The molecule has 0 amide bonds. The number of esters is 1. The Morgan fingerprint density at radius 2 is 1.50 bits per heavy atom. The highest BCUT2D eigenvalue weighted by Gasteiger charge is 2.56. The average Bonchev–Trinajstić information content (AvgIpc) is 2.70. The lowest BCUT2D eigenvalue weighted by atomic mass is 10.2. The third-order valence-corrected chi connectivity index (χ3v) is 3.87. The lowest BCUT2D eigenvalue weighted by Crippen LogP contribution is -2.36. The summed E-state index contributed by atoms with van der Waals surface area (Å²) >= 11 is 0. The molecular weight excluding hydrogens is 411 g/mol. The van der Waals surface area contributed by atoms with Crippen molar-refractivity contribution < 1.29 is 41.0 Å². The van der Waals surface area contributed by atoms with E-state index in [2.05, 4.69) is 0 Å². The van der Waals surface area contributed by atoms with Crippen LogP contribution < -0.4 is 9.47 Å². The Hall–Kier alpha value is -3.23. The Bertz CT molecular complexity index is 872. The minimum atomic E-state index is -5.58. The van der Waals surface area contributed by atoms with Crippen LogP contribution in [0, 0.1) is 0 Å². The number of alkyl halides is 5. The number of rotatable bonds is 9. The molecule has 160 valence electrons. The number of ether oxygens (including phenoxy) is 2. The second kappa shape index (κ2) is 10.00. The Kier molecular flexibility index (Phi) is 7.68. The number of hydrogen-bond acceptors (Lipinski definition) is 4. The summed E-state index contributed by atoms with van der Waals surface area (Å²) in [5.74, 6) is -4.91. The molecule has 0 aliphatic rings. The van der Waals surface area contributed by atoms with E-state index >= 15 is 0 Å². The number of benzene rings is 2. The Labute approximate surface area is 168 Å². The molecule has 0 atom stereocenters. The van der Waals surface area contributed by atoms with Gasteiger partial charge in [0, 0.05) is 6.42 Å². The number of halogens is 5. The summed E-state index contributed by atoms with van der Waals surface area (Å²) in [7, 11) is 0. The van der Waals surface area contributed by atoms with E-state index < -0.39 is 30.9 Å². The van der Waals surface area contributed by atoms with Crippen LogP contribution in [-0.2, 0) is 4.79 Å². The van der Waals surface area contributed by atoms with Crippen LogP contribution in [0.2, 0.25) is 0 Å². The number of hydrogen-bond donors (Lipinski definition) is 0. The highest BCUT2D eigenvalue weighted by atomic mass is 19.4. The molecule has 0 aliphatic carbocycles. The first-order chi connectivity index (χ1) is 14.1. The van der Waals surface area contributed by atoms with Gasteiger partial charge in [0.2, 0.25) is 0 Å². The average molecular weight is 428 g/mol. The third kappa shape index (κ3) is 6.68. The molecule has 4 nitrogen and oxygen atoms in total. The van der Waals surface area contributed by atoms with Crippen molar-refractivity contribution in [3.8, 4) is 11.5 Å². The van der Waals surface area contributed by atoms with Crippen LogP contribution in [0.1, 0.15) is 28.8 Å². The molecule has 0 saturated carbocycles. The molecule has 0 spiro atoms. The lowest BCUT2D eigenvalue weighted by Gasteiger charge is -2.19. The van der Waals surface area contributed by atoms with Crippen LogP contribution >= 0.6 is 0 Å². The van der Waals surface area contributed by atoms with Crippen LogP contribution in [0.4, 0.5) is 22.0 Å². The van der Waals surface area contributed by atoms with Crippen molar-refractivity contribution in [1.82, 2.24) is 0 Å². The van der Waals surface area contributed by atoms with Crippen LogP contribution in [0.25, 0.3) is 6.08 Å². The molecule has 2 rings (SSSR count). The predicted octanol–water partition coefficient (Wildman–Crippen LogP) is 5.47. The van der Waals surface area contributed by atoms with E-state index in [-0.39, 0.29) is 23.7 Å². The van der Waals surface area contributed by atoms with Crippen molar-refractivity contribution in [3.63, 3.8) is 0 Å². The fourth-order valence-electron chi connectivity index (χ4n) is 2.28. The molecule has 2 aromatic carbocycles. The van der Waals surface area contributed by atoms with E-state index in [1.807, 2.05) is 0 Å². The number of carbonyl (C=O) groups is 2. The number of allylic oxidation sites excluding steroid dienone is 1. The van der Waals surface area contributed by atoms with E-state index in [1.54, 1.807) is 30.3 Å². The van der Waals surface area contributed by atoms with Gasteiger partial charge < -0.3 is 9.47 Å². The number of aldehydes is 1. The number of carbonyl (C=O) groups excluding carboxylic acids is 2. The molecule has 0 bridgehead atoms. The fourth-order valence-corrected chi connectivity index (χ4v) is 2.28. The maximum atomic E-state index is 12.8. The quantitative estimate of drug-likeness (QED) is 0.133. The molecule has 0 N–H and O–H groups in total. The Morgan fingerprint density at radius 3 is 2.07 bits per heavy atom. The summed E-state index contributed by atoms with van der Waals surface area (Å²) in [5.41, 5.74) is 0.937. The van der Waals surface area contributed by atoms with Crippen LogP contribution in [-0.4, -0.2) is 31.0 Å². The standard InChI is InChI=1S/C21H17F5O4/c22-20(23,21(24,25)26)12-2-14-29-17-10-6-16(7-11-17)19(28)30-18-8-4-15(5-9-18)3-1-13-27/h1,3-11,13H,2,12,14H2/b3-1+. The summed E-state index contributed by atoms with van der Waals surface area (Å²) in [5, 5.41) is 0. The molecule has 2 aromatic rings. The zero-order valence-electron chi connectivity index (χ0n) is 15.5. The highest BCUT2D eigenvalue weighted by Crippen LogP contribution is 2.38. The summed E-state index contributed by atoms with van der Waals surface area (Å²) in [6.45, 7) is -0.333. The molecule has 30 heavy (non-hydrogen) atoms. The smallest absolute Gasteiger partial charge is 0.453 e. The van der Waals surface area contributed by atoms with Gasteiger partial charge in [0.25, 0.3) is 0 Å². The Balaban J connectivity index is 1.84. The van der Waals surface area contributed by atoms with Gasteiger partial charge in [-0.2, -0.15) is 22.0 Å². The van der Waals surface area contributed by atoms with Gasteiger partial charge in [0.15, 0.2) is 0 Å². The van der Waals surface area contributed by atoms with Crippen molar-refractivity contribution in [1.29, 1.82) is 0 Å². The zero-order valence-corrected chi connectivity index (χ0v) is 15.5. The molecule has 0 fully saturated rings. The zero-order chi connectivity index (χ0) is 22.2. The van der Waals surface area contributed by atoms with Gasteiger partial charge in [-0.25, -0.2) is 4.79 Å². The minimum absolute atomic E-state index is 0.191. The topological polar surface area (TPSA) is 52.6 Å². The van der Waals surface area contributed by atoms with Crippen molar-refractivity contribution in [2.24, 2.45) is 0 Å². The molecule has 0 heterocycles. The van der Waals surface area contributed by atoms with E-state index in [0.717, 1.165) is 5.56 Å². The lowest BCUT2D eigenvalue weighted by molar-refractivity contribution is -0.284. The van der Waals surface area contributed by atoms with Gasteiger partial charge in [-0.15, -0.1) is 0 Å². The van der Waals surface area contributed by atoms with Crippen LogP contribution in [0.5, 0.6) is 11.5 Å². The predicted molar refractivity (Wildman–Crippen MR) is 98.7 cm³/mol. The van der Waals surface area contributed by atoms with Gasteiger partial charge in [0.05, 0.1) is 12.2 Å². The van der Waals surface area contributed by atoms with Gasteiger partial charge >= 0.3 is 18.1 Å². The van der Waals surface area contributed by atoms with Gasteiger partial charge in [-0.05, 0) is 54.5 Å². The fraction of sp³-hybridized carbons (Fsp3) is 0.238. The summed E-state index contributed by atoms with van der Waals surface area (Å²) < 4.78 is 72.2. The minimum Gasteiger partial charge on any atom is -0.494 e. The van der Waals surface area contributed by atoms with Gasteiger partial charge in [-0.3, -0.25) is 4.79 Å². The van der Waals surface area contributed by atoms with E-state index in [9.17, 15) is 31.5 Å². The van der Waals surface area contributed by atoms with Crippen molar-refractivity contribution in [2.75, 3.05) is 6.61 Å². The molecular formula is C21H17F5O4. The molecule has 0 aromatic heterocycles. The molecule has 9 heteroatoms. The van der Waals surface area contributed by atoms with Crippen LogP contribution in [0.3, 0.4) is 0 Å². The molecule has 0 radical (unpaired) electrons. The van der Waals surface area contributed by atoms with Gasteiger partial charge in [0.1, 0.15) is 17.8 Å². The molecule has 0 unspecified atom stereocenters. The second-order valence-corrected chi connectivity index (χ2v) is 6.13. The third-order valence-electron chi connectivity index (χ3n) is 3.87.